The Morgan fingerprint density at radius 2 is 2.17 bits per heavy atom. The number of nitriles is 1. The number of benzene rings is 1. The van der Waals surface area contributed by atoms with Gasteiger partial charge in [0.05, 0.1) is 23.2 Å². The highest BCUT2D eigenvalue weighted by Gasteiger charge is 2.06. The molecule has 0 N–H and O–H groups in total. The summed E-state index contributed by atoms with van der Waals surface area (Å²) >= 11 is 7.76. The molecule has 3 rings (SSSR count). The van der Waals surface area contributed by atoms with Crippen molar-refractivity contribution in [2.75, 3.05) is 0 Å². The van der Waals surface area contributed by atoms with Gasteiger partial charge in [-0.1, -0.05) is 17.7 Å². The molecular formula is C14H9ClN2S. The Morgan fingerprint density at radius 1 is 1.28 bits per heavy atom. The first kappa shape index (κ1) is 11.3. The lowest BCUT2D eigenvalue weighted by molar-refractivity contribution is 0.851. The number of fused-ring (bicyclic) bond motifs is 1. The Hall–Kier alpha value is -1.76. The van der Waals surface area contributed by atoms with E-state index in [0.29, 0.717) is 5.56 Å². The van der Waals surface area contributed by atoms with Crippen molar-refractivity contribution >= 4 is 33.8 Å². The summed E-state index contributed by atoms with van der Waals surface area (Å²) in [5.41, 5.74) is 1.75. The Labute approximate surface area is 114 Å². The quantitative estimate of drug-likeness (QED) is 0.685. The minimum atomic E-state index is 0.680. The van der Waals surface area contributed by atoms with E-state index in [1.54, 1.807) is 11.3 Å². The standard InChI is InChI=1S/C14H9ClN2S/c15-12-4-6-18-14(12)9-17-5-3-11-2-1-10(8-16)7-13(11)17/h1-7H,9H2. The van der Waals surface area contributed by atoms with E-state index in [2.05, 4.69) is 16.7 Å². The van der Waals surface area contributed by atoms with E-state index < -0.39 is 0 Å². The molecule has 4 heteroatoms. The van der Waals surface area contributed by atoms with Crippen molar-refractivity contribution in [1.29, 1.82) is 5.26 Å². The van der Waals surface area contributed by atoms with Crippen molar-refractivity contribution in [3.63, 3.8) is 0 Å². The average Bonchev–Trinajstić information content (AvgIpc) is 2.97. The summed E-state index contributed by atoms with van der Waals surface area (Å²) < 4.78 is 2.12. The van der Waals surface area contributed by atoms with Crippen LogP contribution in [0.1, 0.15) is 10.4 Å². The highest BCUT2D eigenvalue weighted by molar-refractivity contribution is 7.10. The van der Waals surface area contributed by atoms with Crippen molar-refractivity contribution in [2.24, 2.45) is 0 Å². The third kappa shape index (κ3) is 1.90. The Kier molecular flexibility index (Phi) is 2.83. The van der Waals surface area contributed by atoms with Crippen LogP contribution in [0.3, 0.4) is 0 Å². The second kappa shape index (κ2) is 4.49. The summed E-state index contributed by atoms with van der Waals surface area (Å²) in [6, 6.07) is 11.9. The lowest BCUT2D eigenvalue weighted by atomic mass is 10.2. The molecule has 2 aromatic heterocycles. The minimum Gasteiger partial charge on any atom is -0.342 e. The van der Waals surface area contributed by atoms with Crippen LogP contribution in [0.4, 0.5) is 0 Å². The van der Waals surface area contributed by atoms with Gasteiger partial charge >= 0.3 is 0 Å². The fourth-order valence-electron chi connectivity index (χ4n) is 1.98. The zero-order chi connectivity index (χ0) is 12.5. The van der Waals surface area contributed by atoms with Crippen LogP contribution in [0.5, 0.6) is 0 Å². The predicted molar refractivity (Wildman–Crippen MR) is 75.1 cm³/mol. The lowest BCUT2D eigenvalue weighted by Gasteiger charge is -2.04. The highest BCUT2D eigenvalue weighted by Crippen LogP contribution is 2.25. The third-order valence-electron chi connectivity index (χ3n) is 2.91. The van der Waals surface area contributed by atoms with E-state index in [4.69, 9.17) is 16.9 Å². The molecule has 0 aliphatic rings. The molecule has 0 atom stereocenters. The van der Waals surface area contributed by atoms with Gasteiger partial charge in [0.1, 0.15) is 0 Å². The fraction of sp³-hybridized carbons (Fsp3) is 0.0714. The second-order valence-corrected chi connectivity index (χ2v) is 5.43. The monoisotopic (exact) mass is 272 g/mol. The molecule has 0 amide bonds. The van der Waals surface area contributed by atoms with Gasteiger partial charge in [-0.25, -0.2) is 0 Å². The molecule has 2 nitrogen and oxygen atoms in total. The molecule has 0 spiro atoms. The van der Waals surface area contributed by atoms with E-state index in [-0.39, 0.29) is 0 Å². The molecule has 0 aliphatic carbocycles. The van der Waals surface area contributed by atoms with E-state index in [0.717, 1.165) is 27.3 Å². The molecule has 2 heterocycles. The van der Waals surface area contributed by atoms with E-state index in [9.17, 15) is 0 Å². The van der Waals surface area contributed by atoms with Gasteiger partial charge in [-0.15, -0.1) is 11.3 Å². The van der Waals surface area contributed by atoms with E-state index in [1.165, 1.54) is 0 Å². The third-order valence-corrected chi connectivity index (χ3v) is 4.28. The summed E-state index contributed by atoms with van der Waals surface area (Å²) in [6.45, 7) is 0.745. The van der Waals surface area contributed by atoms with Crippen LogP contribution < -0.4 is 0 Å². The molecular weight excluding hydrogens is 264 g/mol. The SMILES string of the molecule is N#Cc1ccc2ccn(Cc3sccc3Cl)c2c1. The largest absolute Gasteiger partial charge is 0.342 e. The molecule has 0 bridgehead atoms. The lowest BCUT2D eigenvalue weighted by Crippen LogP contribution is -1.96. The minimum absolute atomic E-state index is 0.680. The Morgan fingerprint density at radius 3 is 2.89 bits per heavy atom. The molecule has 18 heavy (non-hydrogen) atoms. The van der Waals surface area contributed by atoms with Crippen molar-refractivity contribution in [3.8, 4) is 6.07 Å². The van der Waals surface area contributed by atoms with Gasteiger partial charge in [0.25, 0.3) is 0 Å². The first-order chi connectivity index (χ1) is 8.78. The van der Waals surface area contributed by atoms with Crippen molar-refractivity contribution < 1.29 is 0 Å². The number of halogens is 1. The van der Waals surface area contributed by atoms with Crippen LogP contribution in [0.15, 0.2) is 41.9 Å². The molecule has 88 valence electrons. The van der Waals surface area contributed by atoms with Crippen molar-refractivity contribution in [1.82, 2.24) is 4.57 Å². The number of hydrogen-bond donors (Lipinski definition) is 0. The highest BCUT2D eigenvalue weighted by atomic mass is 35.5. The number of thiophene rings is 1. The summed E-state index contributed by atoms with van der Waals surface area (Å²) in [6.07, 6.45) is 2.03. The molecule has 0 fully saturated rings. The molecule has 1 aromatic carbocycles. The predicted octanol–water partition coefficient (Wildman–Crippen LogP) is 4.28. The van der Waals surface area contributed by atoms with Gasteiger partial charge in [-0.05, 0) is 35.0 Å². The topological polar surface area (TPSA) is 28.7 Å². The fourth-order valence-corrected chi connectivity index (χ4v) is 3.08. The molecule has 0 aliphatic heterocycles. The number of rotatable bonds is 2. The zero-order valence-electron chi connectivity index (χ0n) is 9.43. The zero-order valence-corrected chi connectivity index (χ0v) is 11.0. The van der Waals surface area contributed by atoms with Crippen LogP contribution in [-0.4, -0.2) is 4.57 Å². The number of hydrogen-bond acceptors (Lipinski definition) is 2. The van der Waals surface area contributed by atoms with Gasteiger partial charge in [0, 0.05) is 16.6 Å². The average molecular weight is 273 g/mol. The van der Waals surface area contributed by atoms with Crippen LogP contribution >= 0.6 is 22.9 Å². The smallest absolute Gasteiger partial charge is 0.0992 e. The van der Waals surface area contributed by atoms with E-state index >= 15 is 0 Å². The van der Waals surface area contributed by atoms with Crippen LogP contribution in [0, 0.1) is 11.3 Å². The van der Waals surface area contributed by atoms with Crippen LogP contribution in [0.2, 0.25) is 5.02 Å². The maximum atomic E-state index is 8.95. The summed E-state index contributed by atoms with van der Waals surface area (Å²) in [7, 11) is 0. The van der Waals surface area contributed by atoms with Crippen molar-refractivity contribution in [3.05, 3.63) is 57.4 Å². The maximum absolute atomic E-state index is 8.95. The van der Waals surface area contributed by atoms with Gasteiger partial charge in [-0.2, -0.15) is 5.26 Å². The summed E-state index contributed by atoms with van der Waals surface area (Å²) in [4.78, 5) is 1.14. The van der Waals surface area contributed by atoms with Gasteiger partial charge in [0.2, 0.25) is 0 Å². The van der Waals surface area contributed by atoms with Gasteiger partial charge < -0.3 is 4.57 Å². The second-order valence-electron chi connectivity index (χ2n) is 4.02. The molecule has 3 aromatic rings. The van der Waals surface area contributed by atoms with Gasteiger partial charge in [-0.3, -0.25) is 0 Å². The van der Waals surface area contributed by atoms with Crippen molar-refractivity contribution in [2.45, 2.75) is 6.54 Å². The number of nitrogens with zero attached hydrogens (tertiary/aromatic N) is 2. The van der Waals surface area contributed by atoms with E-state index in [1.807, 2.05) is 35.8 Å². The Balaban J connectivity index is 2.07. The molecule has 0 saturated carbocycles. The molecule has 0 saturated heterocycles. The molecule has 0 unspecified atom stereocenters. The van der Waals surface area contributed by atoms with Crippen LogP contribution in [0.25, 0.3) is 10.9 Å². The maximum Gasteiger partial charge on any atom is 0.0992 e. The first-order valence-corrected chi connectivity index (χ1v) is 6.74. The summed E-state index contributed by atoms with van der Waals surface area (Å²) in [5.74, 6) is 0. The normalized spacial score (nSPS) is 10.7. The first-order valence-electron chi connectivity index (χ1n) is 5.49. The Bertz CT molecular complexity index is 749. The molecule has 0 radical (unpaired) electrons. The van der Waals surface area contributed by atoms with Gasteiger partial charge in [0.15, 0.2) is 0 Å². The number of aromatic nitrogens is 1. The summed E-state index contributed by atoms with van der Waals surface area (Å²) in [5, 5.41) is 12.9. The van der Waals surface area contributed by atoms with Crippen LogP contribution in [-0.2, 0) is 6.54 Å².